The first-order valence-electron chi connectivity index (χ1n) is 7.16. The van der Waals surface area contributed by atoms with E-state index in [0.717, 1.165) is 12.0 Å². The second-order valence-electron chi connectivity index (χ2n) is 5.64. The molecule has 2 atom stereocenters. The minimum Gasteiger partial charge on any atom is -0.472 e. The van der Waals surface area contributed by atoms with Crippen LogP contribution in [0.25, 0.3) is 0 Å². The van der Waals surface area contributed by atoms with Gasteiger partial charge in [0.25, 0.3) is 0 Å². The van der Waals surface area contributed by atoms with Crippen LogP contribution in [0.15, 0.2) is 23.0 Å². The number of rotatable bonds is 5. The molecule has 5 heteroatoms. The quantitative estimate of drug-likeness (QED) is 0.895. The summed E-state index contributed by atoms with van der Waals surface area (Å²) in [5.41, 5.74) is 0.911. The molecule has 0 radical (unpaired) electrons. The Balaban J connectivity index is 2.24. The van der Waals surface area contributed by atoms with Gasteiger partial charge in [0.05, 0.1) is 12.5 Å². The predicted octanol–water partition coefficient (Wildman–Crippen LogP) is 1.93. The van der Waals surface area contributed by atoms with E-state index in [0.29, 0.717) is 13.0 Å². The van der Waals surface area contributed by atoms with Gasteiger partial charge in [0.1, 0.15) is 12.1 Å². The lowest BCUT2D eigenvalue weighted by Gasteiger charge is -2.40. The van der Waals surface area contributed by atoms with Crippen LogP contribution < -0.4 is 5.32 Å². The summed E-state index contributed by atoms with van der Waals surface area (Å²) in [6.07, 6.45) is 4.74. The molecule has 0 aliphatic carbocycles. The molecule has 1 aromatic heterocycles. The highest BCUT2D eigenvalue weighted by atomic mass is 16.3. The molecule has 20 heavy (non-hydrogen) atoms. The zero-order chi connectivity index (χ0) is 14.7. The smallest absolute Gasteiger partial charge is 0.246 e. The van der Waals surface area contributed by atoms with Crippen molar-refractivity contribution in [3.63, 3.8) is 0 Å². The van der Waals surface area contributed by atoms with Crippen LogP contribution in [-0.4, -0.2) is 28.8 Å². The molecule has 5 nitrogen and oxygen atoms in total. The van der Waals surface area contributed by atoms with Gasteiger partial charge in [0.15, 0.2) is 0 Å². The van der Waals surface area contributed by atoms with Crippen molar-refractivity contribution >= 4 is 11.8 Å². The first kappa shape index (κ1) is 14.6. The fourth-order valence-corrected chi connectivity index (χ4v) is 2.70. The van der Waals surface area contributed by atoms with E-state index in [4.69, 9.17) is 4.42 Å². The van der Waals surface area contributed by atoms with Gasteiger partial charge >= 0.3 is 0 Å². The molecule has 110 valence electrons. The topological polar surface area (TPSA) is 62.6 Å². The van der Waals surface area contributed by atoms with Crippen LogP contribution in [-0.2, 0) is 16.1 Å². The van der Waals surface area contributed by atoms with E-state index in [1.165, 1.54) is 0 Å². The Morgan fingerprint density at radius 1 is 1.40 bits per heavy atom. The molecule has 1 aromatic rings. The highest BCUT2D eigenvalue weighted by Crippen LogP contribution is 2.22. The molecule has 0 aromatic carbocycles. The average molecular weight is 278 g/mol. The van der Waals surface area contributed by atoms with Crippen LogP contribution in [0.3, 0.4) is 0 Å². The summed E-state index contributed by atoms with van der Waals surface area (Å²) in [7, 11) is 0. The third-order valence-electron chi connectivity index (χ3n) is 3.64. The lowest BCUT2D eigenvalue weighted by molar-refractivity contribution is -0.152. The number of furan rings is 1. The van der Waals surface area contributed by atoms with Crippen molar-refractivity contribution in [1.82, 2.24) is 10.2 Å². The van der Waals surface area contributed by atoms with Gasteiger partial charge in [0, 0.05) is 12.1 Å². The normalized spacial score (nSPS) is 23.3. The maximum atomic E-state index is 12.6. The maximum absolute atomic E-state index is 12.6. The molecule has 1 saturated heterocycles. The van der Waals surface area contributed by atoms with Crippen LogP contribution in [0.4, 0.5) is 0 Å². The van der Waals surface area contributed by atoms with Crippen LogP contribution in [0.2, 0.25) is 0 Å². The molecule has 0 bridgehead atoms. The van der Waals surface area contributed by atoms with Gasteiger partial charge in [-0.1, -0.05) is 27.2 Å². The third-order valence-corrected chi connectivity index (χ3v) is 3.64. The highest BCUT2D eigenvalue weighted by molar-refractivity contribution is 5.97. The molecule has 0 spiro atoms. The number of carbonyl (C=O) groups is 2. The van der Waals surface area contributed by atoms with E-state index < -0.39 is 12.1 Å². The molecule has 1 fully saturated rings. The van der Waals surface area contributed by atoms with Gasteiger partial charge in [0.2, 0.25) is 11.8 Å². The minimum atomic E-state index is -0.412. The second-order valence-corrected chi connectivity index (χ2v) is 5.64. The number of nitrogens with zero attached hydrogens (tertiary/aromatic N) is 1. The van der Waals surface area contributed by atoms with E-state index in [1.54, 1.807) is 17.4 Å². The number of nitrogens with one attached hydrogen (secondary N) is 1. The second kappa shape index (κ2) is 6.11. The van der Waals surface area contributed by atoms with Crippen molar-refractivity contribution in [1.29, 1.82) is 0 Å². The Labute approximate surface area is 119 Å². The largest absolute Gasteiger partial charge is 0.472 e. The van der Waals surface area contributed by atoms with Crippen LogP contribution in [0.5, 0.6) is 0 Å². The Hall–Kier alpha value is -1.78. The SMILES string of the molecule is CCCC1NC(=O)C(C(C)C)N(Cc2ccoc2)C1=O. The van der Waals surface area contributed by atoms with Gasteiger partial charge in [-0.3, -0.25) is 9.59 Å². The summed E-state index contributed by atoms with van der Waals surface area (Å²) in [6.45, 7) is 6.35. The monoisotopic (exact) mass is 278 g/mol. The van der Waals surface area contributed by atoms with Gasteiger partial charge in [-0.2, -0.15) is 0 Å². The Morgan fingerprint density at radius 3 is 2.70 bits per heavy atom. The summed E-state index contributed by atoms with van der Waals surface area (Å²) in [5, 5.41) is 2.85. The molecule has 2 heterocycles. The Bertz CT molecular complexity index is 467. The summed E-state index contributed by atoms with van der Waals surface area (Å²) >= 11 is 0. The fourth-order valence-electron chi connectivity index (χ4n) is 2.70. The Morgan fingerprint density at radius 2 is 2.15 bits per heavy atom. The van der Waals surface area contributed by atoms with Crippen molar-refractivity contribution in [2.45, 2.75) is 52.2 Å². The maximum Gasteiger partial charge on any atom is 0.246 e. The molecule has 1 aliphatic rings. The van der Waals surface area contributed by atoms with E-state index in [2.05, 4.69) is 5.32 Å². The van der Waals surface area contributed by atoms with Crippen LogP contribution in [0, 0.1) is 5.92 Å². The lowest BCUT2D eigenvalue weighted by Crippen LogP contribution is -2.64. The summed E-state index contributed by atoms with van der Waals surface area (Å²) in [6, 6.07) is 1.02. The van der Waals surface area contributed by atoms with Gasteiger partial charge in [-0.15, -0.1) is 0 Å². The molecule has 1 aliphatic heterocycles. The van der Waals surface area contributed by atoms with Gasteiger partial charge < -0.3 is 14.6 Å². The number of piperazine rings is 1. The Kier molecular flexibility index (Phi) is 4.47. The number of hydrogen-bond acceptors (Lipinski definition) is 3. The molecule has 1 N–H and O–H groups in total. The first-order chi connectivity index (χ1) is 9.54. The third kappa shape index (κ3) is 2.86. The standard InChI is InChI=1S/C15H22N2O3/c1-4-5-12-15(19)17(8-11-6-7-20-9-11)13(10(2)3)14(18)16-12/h6-7,9-10,12-13H,4-5,8H2,1-3H3,(H,16,18). The lowest BCUT2D eigenvalue weighted by atomic mass is 9.95. The molecule has 2 rings (SSSR count). The molecular weight excluding hydrogens is 256 g/mol. The van der Waals surface area contributed by atoms with Crippen molar-refractivity contribution in [2.24, 2.45) is 5.92 Å². The van der Waals surface area contributed by atoms with Crippen LogP contribution in [0.1, 0.15) is 39.2 Å². The van der Waals surface area contributed by atoms with Crippen molar-refractivity contribution < 1.29 is 14.0 Å². The molecule has 2 amide bonds. The molecular formula is C15H22N2O3. The van der Waals surface area contributed by atoms with Crippen molar-refractivity contribution in [3.8, 4) is 0 Å². The van der Waals surface area contributed by atoms with Crippen molar-refractivity contribution in [3.05, 3.63) is 24.2 Å². The molecule has 0 saturated carbocycles. The van der Waals surface area contributed by atoms with E-state index >= 15 is 0 Å². The summed E-state index contributed by atoms with van der Waals surface area (Å²) in [5.74, 6) is 0.0290. The highest BCUT2D eigenvalue weighted by Gasteiger charge is 2.41. The fraction of sp³-hybridized carbons (Fsp3) is 0.600. The zero-order valence-electron chi connectivity index (χ0n) is 12.3. The number of hydrogen-bond donors (Lipinski definition) is 1. The number of carbonyl (C=O) groups excluding carboxylic acids is 2. The summed E-state index contributed by atoms with van der Waals surface area (Å²) < 4.78 is 5.05. The zero-order valence-corrected chi connectivity index (χ0v) is 12.3. The van der Waals surface area contributed by atoms with Crippen LogP contribution >= 0.6 is 0 Å². The predicted molar refractivity (Wildman–Crippen MR) is 74.7 cm³/mol. The minimum absolute atomic E-state index is 0.00588. The van der Waals surface area contributed by atoms with E-state index in [9.17, 15) is 9.59 Å². The van der Waals surface area contributed by atoms with Crippen molar-refractivity contribution in [2.75, 3.05) is 0 Å². The molecule has 2 unspecified atom stereocenters. The summed E-state index contributed by atoms with van der Waals surface area (Å²) in [4.78, 5) is 26.5. The van der Waals surface area contributed by atoms with Gasteiger partial charge in [-0.05, 0) is 18.4 Å². The number of amides is 2. The van der Waals surface area contributed by atoms with Gasteiger partial charge in [-0.25, -0.2) is 0 Å². The van der Waals surface area contributed by atoms with E-state index in [-0.39, 0.29) is 17.7 Å². The van der Waals surface area contributed by atoms with E-state index in [1.807, 2.05) is 26.8 Å². The average Bonchev–Trinajstić information content (AvgIpc) is 2.88. The first-order valence-corrected chi connectivity index (χ1v) is 7.16.